The Bertz CT molecular complexity index is 1390. The Labute approximate surface area is 209 Å². The average Bonchev–Trinajstić information content (AvgIpc) is 3.31. The van der Waals surface area contributed by atoms with Crippen LogP contribution < -0.4 is 19.7 Å². The lowest BCUT2D eigenvalue weighted by Gasteiger charge is -2.22. The number of methoxy groups -OCH3 is 2. The number of hydrogen-bond donors (Lipinski definition) is 1. The van der Waals surface area contributed by atoms with Gasteiger partial charge in [0.1, 0.15) is 23.0 Å². The van der Waals surface area contributed by atoms with E-state index in [1.165, 1.54) is 13.2 Å². The molecule has 4 aromatic rings. The van der Waals surface area contributed by atoms with Gasteiger partial charge in [-0.25, -0.2) is 4.98 Å². The summed E-state index contributed by atoms with van der Waals surface area (Å²) in [6.45, 7) is 1.36. The van der Waals surface area contributed by atoms with Crippen molar-refractivity contribution >= 4 is 33.9 Å². The van der Waals surface area contributed by atoms with Crippen molar-refractivity contribution < 1.29 is 14.4 Å². The van der Waals surface area contributed by atoms with Gasteiger partial charge in [0.15, 0.2) is 0 Å². The molecule has 0 unspecified atom stereocenters. The van der Waals surface area contributed by atoms with Crippen LogP contribution in [0.4, 0.5) is 23.0 Å². The summed E-state index contributed by atoms with van der Waals surface area (Å²) in [6.07, 6.45) is 3.53. The number of nitro groups is 1. The third-order valence-corrected chi connectivity index (χ3v) is 5.83. The maximum atomic E-state index is 11.9. The van der Waals surface area contributed by atoms with Crippen LogP contribution in [0, 0.1) is 10.1 Å². The Balaban J connectivity index is 1.69. The molecule has 36 heavy (non-hydrogen) atoms. The van der Waals surface area contributed by atoms with Crippen LogP contribution in [-0.4, -0.2) is 72.8 Å². The van der Waals surface area contributed by atoms with E-state index in [4.69, 9.17) is 9.47 Å². The second-order valence-corrected chi connectivity index (χ2v) is 8.47. The monoisotopic (exact) mass is 491 g/mol. The fourth-order valence-electron chi connectivity index (χ4n) is 3.93. The number of fused-ring (bicyclic) bond motifs is 1. The zero-order valence-corrected chi connectivity index (χ0v) is 20.9. The Morgan fingerprint density at radius 2 is 1.83 bits per heavy atom. The van der Waals surface area contributed by atoms with Gasteiger partial charge in [0.05, 0.1) is 30.3 Å². The zero-order valence-electron chi connectivity index (χ0n) is 20.9. The highest BCUT2D eigenvalue weighted by Crippen LogP contribution is 2.39. The number of rotatable bonds is 10. The number of nitrogens with one attached hydrogen (secondary N) is 1. The van der Waals surface area contributed by atoms with Crippen molar-refractivity contribution in [3.63, 3.8) is 0 Å². The summed E-state index contributed by atoms with van der Waals surface area (Å²) in [4.78, 5) is 24.3. The third kappa shape index (κ3) is 5.01. The van der Waals surface area contributed by atoms with Crippen molar-refractivity contribution in [1.29, 1.82) is 0 Å². The molecule has 0 fully saturated rings. The summed E-state index contributed by atoms with van der Waals surface area (Å²) in [5.74, 6) is 2.12. The fourth-order valence-corrected chi connectivity index (χ4v) is 3.93. The van der Waals surface area contributed by atoms with Crippen LogP contribution in [0.15, 0.2) is 54.9 Å². The quantitative estimate of drug-likeness (QED) is 0.259. The molecule has 2 heterocycles. The predicted molar refractivity (Wildman–Crippen MR) is 140 cm³/mol. The molecule has 0 aliphatic carbocycles. The van der Waals surface area contributed by atoms with Gasteiger partial charge in [0.2, 0.25) is 5.95 Å². The van der Waals surface area contributed by atoms with Gasteiger partial charge >= 0.3 is 0 Å². The van der Waals surface area contributed by atoms with E-state index >= 15 is 0 Å². The summed E-state index contributed by atoms with van der Waals surface area (Å²) in [5, 5.41) is 16.0. The Morgan fingerprint density at radius 3 is 2.53 bits per heavy atom. The standard InChI is InChI=1S/C25H29N7O4/c1-29(2)13-14-30(3)20-16-23(36-5)18(15-21(20)32(33)34)27-25-26-11-9-24(28-25)31-12-10-17-19(31)7-6-8-22(17)35-4/h6-12,15-16H,13-14H2,1-5H3,(H,26,27,28). The van der Waals surface area contributed by atoms with E-state index in [0.29, 0.717) is 29.5 Å². The molecule has 0 saturated heterocycles. The average molecular weight is 492 g/mol. The van der Waals surface area contributed by atoms with Gasteiger partial charge in [0, 0.05) is 50.0 Å². The first-order chi connectivity index (χ1) is 17.3. The van der Waals surface area contributed by atoms with Gasteiger partial charge < -0.3 is 29.2 Å². The lowest BCUT2D eigenvalue weighted by molar-refractivity contribution is -0.384. The van der Waals surface area contributed by atoms with Gasteiger partial charge in [-0.1, -0.05) is 6.07 Å². The first-order valence-electron chi connectivity index (χ1n) is 11.3. The summed E-state index contributed by atoms with van der Waals surface area (Å²) < 4.78 is 12.9. The number of benzene rings is 2. The van der Waals surface area contributed by atoms with Crippen molar-refractivity contribution in [2.75, 3.05) is 58.7 Å². The highest BCUT2D eigenvalue weighted by atomic mass is 16.6. The molecule has 0 saturated carbocycles. The van der Waals surface area contributed by atoms with E-state index in [9.17, 15) is 10.1 Å². The molecule has 2 aromatic carbocycles. The highest BCUT2D eigenvalue weighted by Gasteiger charge is 2.22. The number of ether oxygens (including phenoxy) is 2. The molecule has 4 rings (SSSR count). The predicted octanol–water partition coefficient (Wildman–Crippen LogP) is 4.09. The van der Waals surface area contributed by atoms with E-state index in [-0.39, 0.29) is 11.6 Å². The number of likely N-dealkylation sites (N-methyl/N-ethyl adjacent to an activating group) is 2. The second-order valence-electron chi connectivity index (χ2n) is 8.47. The van der Waals surface area contributed by atoms with Gasteiger partial charge in [-0.15, -0.1) is 0 Å². The van der Waals surface area contributed by atoms with Crippen LogP contribution in [0.2, 0.25) is 0 Å². The van der Waals surface area contributed by atoms with Crippen LogP contribution >= 0.6 is 0 Å². The van der Waals surface area contributed by atoms with Gasteiger partial charge in [-0.3, -0.25) is 10.1 Å². The van der Waals surface area contributed by atoms with Crippen molar-refractivity contribution in [3.8, 4) is 17.3 Å². The largest absolute Gasteiger partial charge is 0.496 e. The molecule has 0 aliphatic heterocycles. The van der Waals surface area contributed by atoms with Gasteiger partial charge in [-0.05, 0) is 38.4 Å². The fraction of sp³-hybridized carbons (Fsp3) is 0.280. The summed E-state index contributed by atoms with van der Waals surface area (Å²) in [7, 11) is 8.89. The normalized spacial score (nSPS) is 11.1. The van der Waals surface area contributed by atoms with Crippen molar-refractivity contribution in [2.24, 2.45) is 0 Å². The number of nitro benzene ring substituents is 1. The highest BCUT2D eigenvalue weighted by molar-refractivity contribution is 5.87. The molecule has 11 nitrogen and oxygen atoms in total. The smallest absolute Gasteiger partial charge is 0.294 e. The van der Waals surface area contributed by atoms with Crippen LogP contribution in [0.3, 0.4) is 0 Å². The minimum atomic E-state index is -0.400. The minimum absolute atomic E-state index is 0.0424. The number of anilines is 3. The first-order valence-corrected chi connectivity index (χ1v) is 11.3. The molecule has 188 valence electrons. The van der Waals surface area contributed by atoms with Crippen molar-refractivity contribution in [2.45, 2.75) is 0 Å². The molecular weight excluding hydrogens is 462 g/mol. The van der Waals surface area contributed by atoms with Crippen molar-refractivity contribution in [3.05, 3.63) is 65.0 Å². The Hall–Kier alpha value is -4.38. The van der Waals surface area contributed by atoms with Crippen LogP contribution in [0.25, 0.3) is 16.7 Å². The van der Waals surface area contributed by atoms with E-state index in [0.717, 1.165) is 23.2 Å². The van der Waals surface area contributed by atoms with Gasteiger partial charge in [0.25, 0.3) is 5.69 Å². The third-order valence-electron chi connectivity index (χ3n) is 5.83. The Morgan fingerprint density at radius 1 is 1.06 bits per heavy atom. The van der Waals surface area contributed by atoms with E-state index in [1.807, 2.05) is 66.0 Å². The number of hydrogen-bond acceptors (Lipinski definition) is 9. The maximum Gasteiger partial charge on any atom is 0.294 e. The molecule has 0 atom stereocenters. The maximum absolute atomic E-state index is 11.9. The first kappa shape index (κ1) is 24.7. The number of nitrogens with zero attached hydrogens (tertiary/aromatic N) is 6. The lowest BCUT2D eigenvalue weighted by atomic mass is 10.2. The van der Waals surface area contributed by atoms with E-state index in [2.05, 4.69) is 15.3 Å². The summed E-state index contributed by atoms with van der Waals surface area (Å²) in [5.41, 5.74) is 1.74. The summed E-state index contributed by atoms with van der Waals surface area (Å²) >= 11 is 0. The molecular formula is C25H29N7O4. The molecule has 0 amide bonds. The van der Waals surface area contributed by atoms with Gasteiger partial charge in [-0.2, -0.15) is 4.98 Å². The van der Waals surface area contributed by atoms with Crippen LogP contribution in [0.1, 0.15) is 0 Å². The Kier molecular flexibility index (Phi) is 7.20. The summed E-state index contributed by atoms with van der Waals surface area (Å²) in [6, 6.07) is 12.6. The molecule has 0 bridgehead atoms. The van der Waals surface area contributed by atoms with Crippen LogP contribution in [-0.2, 0) is 0 Å². The SMILES string of the molecule is COc1cc(N(C)CCN(C)C)c([N+](=O)[O-])cc1Nc1nccc(-n2ccc3c(OC)cccc32)n1. The molecule has 0 spiro atoms. The van der Waals surface area contributed by atoms with E-state index < -0.39 is 4.92 Å². The molecule has 1 N–H and O–H groups in total. The van der Waals surface area contributed by atoms with E-state index in [1.54, 1.807) is 25.4 Å². The number of aromatic nitrogens is 3. The topological polar surface area (TPSA) is 111 Å². The van der Waals surface area contributed by atoms with Crippen molar-refractivity contribution in [1.82, 2.24) is 19.4 Å². The minimum Gasteiger partial charge on any atom is -0.496 e. The zero-order chi connectivity index (χ0) is 25.8. The lowest BCUT2D eigenvalue weighted by Crippen LogP contribution is -2.28. The molecule has 2 aromatic heterocycles. The molecule has 0 radical (unpaired) electrons. The second kappa shape index (κ2) is 10.5. The molecule has 11 heteroatoms. The molecule has 0 aliphatic rings. The van der Waals surface area contributed by atoms with Crippen LogP contribution in [0.5, 0.6) is 11.5 Å².